The van der Waals surface area contributed by atoms with Gasteiger partial charge in [-0.1, -0.05) is 43.7 Å². The summed E-state index contributed by atoms with van der Waals surface area (Å²) in [6.45, 7) is 4.69. The van der Waals surface area contributed by atoms with E-state index >= 15 is 0 Å². The third-order valence-corrected chi connectivity index (χ3v) is 4.38. The molecule has 0 aliphatic heterocycles. The molecule has 0 unspecified atom stereocenters. The van der Waals surface area contributed by atoms with E-state index in [-0.39, 0.29) is 0 Å². The third-order valence-electron chi connectivity index (χ3n) is 4.38. The van der Waals surface area contributed by atoms with Gasteiger partial charge in [0.25, 0.3) is 0 Å². The lowest BCUT2D eigenvalue weighted by atomic mass is 10.2. The van der Waals surface area contributed by atoms with E-state index < -0.39 is 0 Å². The summed E-state index contributed by atoms with van der Waals surface area (Å²) in [7, 11) is 0. The number of ether oxygens (including phenoxy) is 1. The van der Waals surface area contributed by atoms with E-state index in [1.165, 1.54) is 0 Å². The number of aldehydes is 1. The lowest BCUT2D eigenvalue weighted by Crippen LogP contribution is -2.09. The zero-order valence-corrected chi connectivity index (χ0v) is 15.3. The minimum atomic E-state index is 0.638. The summed E-state index contributed by atoms with van der Waals surface area (Å²) < 4.78 is 7.87. The van der Waals surface area contributed by atoms with Crippen LogP contribution in [0.1, 0.15) is 47.3 Å². The lowest BCUT2D eigenvalue weighted by molar-refractivity contribution is 0.111. The standard InChI is InChI=1S/C22H24N2O2/c1-3-4-10-22-23-17(2)21(16-25)24(22)15-18-11-13-20(14-12-18)26-19-8-6-5-7-9-19/h5-9,11-14,16H,3-4,10,15H2,1-2H3. The first-order valence-electron chi connectivity index (χ1n) is 9.04. The Morgan fingerprint density at radius 3 is 2.38 bits per heavy atom. The van der Waals surface area contributed by atoms with Crippen LogP contribution in [0.4, 0.5) is 0 Å². The topological polar surface area (TPSA) is 44.1 Å². The van der Waals surface area contributed by atoms with Gasteiger partial charge >= 0.3 is 0 Å². The predicted molar refractivity (Wildman–Crippen MR) is 103 cm³/mol. The number of hydrogen-bond donors (Lipinski definition) is 0. The largest absolute Gasteiger partial charge is 0.457 e. The van der Waals surface area contributed by atoms with Gasteiger partial charge in [0.2, 0.25) is 0 Å². The van der Waals surface area contributed by atoms with Crippen molar-refractivity contribution in [2.45, 2.75) is 39.7 Å². The minimum absolute atomic E-state index is 0.638. The molecule has 0 bridgehead atoms. The molecular formula is C22H24N2O2. The van der Waals surface area contributed by atoms with Crippen molar-refractivity contribution in [2.24, 2.45) is 0 Å². The van der Waals surface area contributed by atoms with Crippen LogP contribution in [0, 0.1) is 6.92 Å². The van der Waals surface area contributed by atoms with Crippen molar-refractivity contribution in [3.63, 3.8) is 0 Å². The van der Waals surface area contributed by atoms with Crippen LogP contribution in [0.15, 0.2) is 54.6 Å². The summed E-state index contributed by atoms with van der Waals surface area (Å²) in [5.74, 6) is 2.59. The average molecular weight is 348 g/mol. The Morgan fingerprint density at radius 2 is 1.73 bits per heavy atom. The van der Waals surface area contributed by atoms with Crippen molar-refractivity contribution in [1.82, 2.24) is 9.55 Å². The number of para-hydroxylation sites is 1. The van der Waals surface area contributed by atoms with Gasteiger partial charge in [0.05, 0.1) is 5.69 Å². The Kier molecular flexibility index (Phi) is 5.84. The van der Waals surface area contributed by atoms with E-state index in [9.17, 15) is 4.79 Å². The van der Waals surface area contributed by atoms with Crippen LogP contribution in [0.3, 0.4) is 0 Å². The van der Waals surface area contributed by atoms with E-state index in [1.54, 1.807) is 0 Å². The fraction of sp³-hybridized carbons (Fsp3) is 0.273. The maximum absolute atomic E-state index is 11.5. The molecule has 4 heteroatoms. The third kappa shape index (κ3) is 4.20. The molecule has 0 radical (unpaired) electrons. The van der Waals surface area contributed by atoms with Gasteiger partial charge in [-0.2, -0.15) is 0 Å². The van der Waals surface area contributed by atoms with Crippen molar-refractivity contribution in [1.29, 1.82) is 0 Å². The van der Waals surface area contributed by atoms with Crippen molar-refractivity contribution >= 4 is 6.29 Å². The molecule has 0 atom stereocenters. The minimum Gasteiger partial charge on any atom is -0.457 e. The summed E-state index contributed by atoms with van der Waals surface area (Å²) >= 11 is 0. The summed E-state index contributed by atoms with van der Waals surface area (Å²) in [5, 5.41) is 0. The molecule has 26 heavy (non-hydrogen) atoms. The second kappa shape index (κ2) is 8.48. The summed E-state index contributed by atoms with van der Waals surface area (Å²) in [6.07, 6.45) is 3.97. The van der Waals surface area contributed by atoms with Crippen LogP contribution in [-0.4, -0.2) is 15.8 Å². The van der Waals surface area contributed by atoms with Crippen LogP contribution in [-0.2, 0) is 13.0 Å². The molecule has 3 rings (SSSR count). The summed E-state index contributed by atoms with van der Waals surface area (Å²) in [4.78, 5) is 16.1. The number of carbonyl (C=O) groups is 1. The highest BCUT2D eigenvalue weighted by Gasteiger charge is 2.14. The van der Waals surface area contributed by atoms with Gasteiger partial charge in [-0.25, -0.2) is 4.98 Å². The molecule has 0 aliphatic rings. The lowest BCUT2D eigenvalue weighted by Gasteiger charge is -2.11. The molecule has 0 aliphatic carbocycles. The van der Waals surface area contributed by atoms with Gasteiger partial charge in [0, 0.05) is 13.0 Å². The molecule has 1 heterocycles. The van der Waals surface area contributed by atoms with Crippen LogP contribution >= 0.6 is 0 Å². The maximum atomic E-state index is 11.5. The first kappa shape index (κ1) is 17.9. The zero-order chi connectivity index (χ0) is 18.4. The van der Waals surface area contributed by atoms with E-state index in [1.807, 2.05) is 66.1 Å². The molecular weight excluding hydrogens is 324 g/mol. The Balaban J connectivity index is 1.77. The number of unbranched alkanes of at least 4 members (excludes halogenated alkanes) is 1. The highest BCUT2D eigenvalue weighted by Crippen LogP contribution is 2.22. The molecule has 134 valence electrons. The molecule has 0 N–H and O–H groups in total. The van der Waals surface area contributed by atoms with E-state index in [0.717, 1.165) is 54.1 Å². The Labute approximate surface area is 154 Å². The van der Waals surface area contributed by atoms with Gasteiger partial charge in [-0.15, -0.1) is 0 Å². The molecule has 0 amide bonds. The number of nitrogens with zero attached hydrogens (tertiary/aromatic N) is 2. The van der Waals surface area contributed by atoms with Gasteiger partial charge in [-0.3, -0.25) is 4.79 Å². The molecule has 2 aromatic carbocycles. The normalized spacial score (nSPS) is 10.7. The first-order chi connectivity index (χ1) is 12.7. The van der Waals surface area contributed by atoms with Crippen LogP contribution < -0.4 is 4.74 Å². The molecule has 0 saturated carbocycles. The Morgan fingerprint density at radius 1 is 1.04 bits per heavy atom. The number of carbonyl (C=O) groups excluding carboxylic acids is 1. The van der Waals surface area contributed by atoms with Gasteiger partial charge in [-0.05, 0) is 43.2 Å². The number of rotatable bonds is 8. The highest BCUT2D eigenvalue weighted by atomic mass is 16.5. The SMILES string of the molecule is CCCCc1nc(C)c(C=O)n1Cc1ccc(Oc2ccccc2)cc1. The molecule has 0 fully saturated rings. The monoisotopic (exact) mass is 348 g/mol. The van der Waals surface area contributed by atoms with Crippen LogP contribution in [0.5, 0.6) is 11.5 Å². The van der Waals surface area contributed by atoms with E-state index in [4.69, 9.17) is 4.74 Å². The van der Waals surface area contributed by atoms with Gasteiger partial charge in [0.15, 0.2) is 6.29 Å². The Bertz CT molecular complexity index is 852. The predicted octanol–water partition coefficient (Wildman–Crippen LogP) is 5.19. The van der Waals surface area contributed by atoms with Crippen molar-refractivity contribution < 1.29 is 9.53 Å². The number of hydrogen-bond acceptors (Lipinski definition) is 3. The second-order valence-corrected chi connectivity index (χ2v) is 6.37. The van der Waals surface area contributed by atoms with Gasteiger partial charge in [0.1, 0.15) is 23.0 Å². The fourth-order valence-electron chi connectivity index (χ4n) is 2.97. The fourth-order valence-corrected chi connectivity index (χ4v) is 2.97. The van der Waals surface area contributed by atoms with Crippen molar-refractivity contribution in [3.8, 4) is 11.5 Å². The van der Waals surface area contributed by atoms with Crippen molar-refractivity contribution in [2.75, 3.05) is 0 Å². The van der Waals surface area contributed by atoms with Crippen molar-refractivity contribution in [3.05, 3.63) is 77.4 Å². The molecule has 4 nitrogen and oxygen atoms in total. The average Bonchev–Trinajstić information content (AvgIpc) is 2.96. The quantitative estimate of drug-likeness (QED) is 0.526. The summed E-state index contributed by atoms with van der Waals surface area (Å²) in [6, 6.07) is 17.7. The zero-order valence-electron chi connectivity index (χ0n) is 15.3. The molecule has 1 aromatic heterocycles. The highest BCUT2D eigenvalue weighted by molar-refractivity contribution is 5.74. The number of imidazole rings is 1. The smallest absolute Gasteiger partial charge is 0.168 e. The van der Waals surface area contributed by atoms with Gasteiger partial charge < -0.3 is 9.30 Å². The van der Waals surface area contributed by atoms with E-state index in [2.05, 4.69) is 11.9 Å². The molecule has 3 aromatic rings. The molecule has 0 spiro atoms. The second-order valence-electron chi connectivity index (χ2n) is 6.37. The van der Waals surface area contributed by atoms with Crippen LogP contribution in [0.25, 0.3) is 0 Å². The first-order valence-corrected chi connectivity index (χ1v) is 9.04. The number of aromatic nitrogens is 2. The Hall–Kier alpha value is -2.88. The molecule has 0 saturated heterocycles. The summed E-state index contributed by atoms with van der Waals surface area (Å²) in [5.41, 5.74) is 2.58. The maximum Gasteiger partial charge on any atom is 0.168 e. The van der Waals surface area contributed by atoms with Crippen LogP contribution in [0.2, 0.25) is 0 Å². The number of aryl methyl sites for hydroxylation is 2. The van der Waals surface area contributed by atoms with E-state index in [0.29, 0.717) is 12.2 Å². The number of benzene rings is 2.